The molecule has 0 aliphatic rings. The lowest BCUT2D eigenvalue weighted by atomic mass is 10.3. The minimum Gasteiger partial charge on any atom is -0.267 e. The fourth-order valence-electron chi connectivity index (χ4n) is 1.71. The number of guanidine groups is 1. The summed E-state index contributed by atoms with van der Waals surface area (Å²) in [5, 5.41) is 26.6. The van der Waals surface area contributed by atoms with Crippen LogP contribution in [0.1, 0.15) is 0 Å². The van der Waals surface area contributed by atoms with Crippen molar-refractivity contribution >= 4 is 17.3 Å². The van der Waals surface area contributed by atoms with E-state index in [1.165, 1.54) is 0 Å². The second kappa shape index (κ2) is 6.03. The standard InChI is InChI=1S/C15H11N5/c16-11-19(13-7-3-1-4-8-13)15(18)20(12-17)14-9-5-2-6-10-14/h1-10,18H. The van der Waals surface area contributed by atoms with Gasteiger partial charge in [0.1, 0.15) is 0 Å². The van der Waals surface area contributed by atoms with Crippen LogP contribution in [0.25, 0.3) is 0 Å². The summed E-state index contributed by atoms with van der Waals surface area (Å²) in [5.74, 6) is -0.215. The molecule has 0 aliphatic carbocycles. The van der Waals surface area contributed by atoms with E-state index >= 15 is 0 Å². The zero-order chi connectivity index (χ0) is 14.4. The molecule has 0 bridgehead atoms. The van der Waals surface area contributed by atoms with E-state index in [9.17, 15) is 10.5 Å². The van der Waals surface area contributed by atoms with Crippen LogP contribution in [0, 0.1) is 28.3 Å². The molecule has 20 heavy (non-hydrogen) atoms. The lowest BCUT2D eigenvalue weighted by Crippen LogP contribution is -2.38. The molecule has 0 heterocycles. The van der Waals surface area contributed by atoms with Crippen molar-refractivity contribution in [2.24, 2.45) is 0 Å². The fraction of sp³-hybridized carbons (Fsp3) is 0. The number of para-hydroxylation sites is 2. The number of hydrogen-bond donors (Lipinski definition) is 1. The summed E-state index contributed by atoms with van der Waals surface area (Å²) < 4.78 is 0. The molecule has 0 radical (unpaired) electrons. The molecule has 0 aromatic heterocycles. The highest BCUT2D eigenvalue weighted by Gasteiger charge is 2.19. The van der Waals surface area contributed by atoms with Gasteiger partial charge in [0.05, 0.1) is 11.4 Å². The fourth-order valence-corrected chi connectivity index (χ4v) is 1.71. The van der Waals surface area contributed by atoms with Gasteiger partial charge in [-0.3, -0.25) is 5.41 Å². The van der Waals surface area contributed by atoms with Gasteiger partial charge >= 0.3 is 0 Å². The predicted octanol–water partition coefficient (Wildman–Crippen LogP) is 2.90. The number of hydrogen-bond acceptors (Lipinski definition) is 3. The molecule has 1 N–H and O–H groups in total. The minimum atomic E-state index is -0.215. The normalized spacial score (nSPS) is 9.10. The molecule has 5 nitrogen and oxygen atoms in total. The second-order valence-electron chi connectivity index (χ2n) is 3.87. The van der Waals surface area contributed by atoms with Crippen molar-refractivity contribution in [1.29, 1.82) is 15.9 Å². The van der Waals surface area contributed by atoms with E-state index in [2.05, 4.69) is 0 Å². The Morgan fingerprint density at radius 3 is 1.40 bits per heavy atom. The average Bonchev–Trinajstić information content (AvgIpc) is 2.51. The Labute approximate surface area is 117 Å². The van der Waals surface area contributed by atoms with Crippen molar-refractivity contribution in [3.63, 3.8) is 0 Å². The highest BCUT2D eigenvalue weighted by molar-refractivity contribution is 6.08. The van der Waals surface area contributed by atoms with Crippen LogP contribution in [0.3, 0.4) is 0 Å². The number of anilines is 2. The third-order valence-corrected chi connectivity index (χ3v) is 2.65. The van der Waals surface area contributed by atoms with Gasteiger partial charge < -0.3 is 0 Å². The van der Waals surface area contributed by atoms with Crippen molar-refractivity contribution < 1.29 is 0 Å². The van der Waals surface area contributed by atoms with Crippen molar-refractivity contribution in [2.45, 2.75) is 0 Å². The first-order valence-corrected chi connectivity index (χ1v) is 5.86. The van der Waals surface area contributed by atoms with Crippen LogP contribution >= 0.6 is 0 Å². The lowest BCUT2D eigenvalue weighted by Gasteiger charge is -2.22. The SMILES string of the molecule is N#CN(C(=N)N(C#N)c1ccccc1)c1ccccc1. The second-order valence-corrected chi connectivity index (χ2v) is 3.87. The zero-order valence-corrected chi connectivity index (χ0v) is 10.6. The monoisotopic (exact) mass is 261 g/mol. The van der Waals surface area contributed by atoms with E-state index in [1.807, 2.05) is 24.5 Å². The van der Waals surface area contributed by atoms with Gasteiger partial charge in [0, 0.05) is 0 Å². The maximum atomic E-state index is 9.24. The first kappa shape index (κ1) is 13.1. The number of nitrogens with one attached hydrogen (secondary N) is 1. The van der Waals surface area contributed by atoms with Crippen LogP contribution in [-0.2, 0) is 0 Å². The topological polar surface area (TPSA) is 77.9 Å². The Morgan fingerprint density at radius 2 is 1.10 bits per heavy atom. The van der Waals surface area contributed by atoms with E-state index in [1.54, 1.807) is 48.5 Å². The number of benzene rings is 2. The molecule has 0 fully saturated rings. The number of rotatable bonds is 2. The molecule has 0 unspecified atom stereocenters. The summed E-state index contributed by atoms with van der Waals surface area (Å²) in [7, 11) is 0. The molecule has 2 aromatic rings. The van der Waals surface area contributed by atoms with Crippen LogP contribution in [0.4, 0.5) is 11.4 Å². The van der Waals surface area contributed by atoms with Crippen LogP contribution in [0.5, 0.6) is 0 Å². The Hall–Kier alpha value is -3.31. The lowest BCUT2D eigenvalue weighted by molar-refractivity contribution is 1.19. The number of nitrogens with zero attached hydrogens (tertiary/aromatic N) is 4. The Balaban J connectivity index is 2.34. The zero-order valence-electron chi connectivity index (χ0n) is 10.6. The van der Waals surface area contributed by atoms with E-state index in [4.69, 9.17) is 5.41 Å². The molecule has 2 aromatic carbocycles. The summed E-state index contributed by atoms with van der Waals surface area (Å²) in [6.07, 6.45) is 3.84. The maximum absolute atomic E-state index is 9.24. The summed E-state index contributed by atoms with van der Waals surface area (Å²) in [6.45, 7) is 0. The van der Waals surface area contributed by atoms with Gasteiger partial charge in [0.15, 0.2) is 12.4 Å². The van der Waals surface area contributed by atoms with Crippen LogP contribution in [-0.4, -0.2) is 5.96 Å². The summed E-state index contributed by atoms with van der Waals surface area (Å²) in [5.41, 5.74) is 1.08. The molecule has 2 rings (SSSR count). The highest BCUT2D eigenvalue weighted by Crippen LogP contribution is 2.18. The Kier molecular flexibility index (Phi) is 3.96. The molecular formula is C15H11N5. The Bertz CT molecular complexity index is 607. The molecule has 0 amide bonds. The van der Waals surface area contributed by atoms with Gasteiger partial charge in [-0.2, -0.15) is 10.5 Å². The molecule has 0 saturated carbocycles. The largest absolute Gasteiger partial charge is 0.267 e. The molecule has 0 atom stereocenters. The first-order chi connectivity index (χ1) is 9.77. The smallest absolute Gasteiger partial charge is 0.230 e. The summed E-state index contributed by atoms with van der Waals surface area (Å²) in [4.78, 5) is 2.19. The van der Waals surface area contributed by atoms with Crippen molar-refractivity contribution in [3.05, 3.63) is 60.7 Å². The molecule has 5 heteroatoms. The molecule has 0 saturated heterocycles. The van der Waals surface area contributed by atoms with Crippen molar-refractivity contribution in [3.8, 4) is 12.4 Å². The molecule has 0 spiro atoms. The summed E-state index contributed by atoms with van der Waals surface area (Å²) in [6, 6.07) is 17.5. The van der Waals surface area contributed by atoms with Crippen LogP contribution in [0.2, 0.25) is 0 Å². The summed E-state index contributed by atoms with van der Waals surface area (Å²) >= 11 is 0. The average molecular weight is 261 g/mol. The first-order valence-electron chi connectivity index (χ1n) is 5.86. The van der Waals surface area contributed by atoms with Gasteiger partial charge in [0.2, 0.25) is 5.96 Å². The van der Waals surface area contributed by atoms with E-state index < -0.39 is 0 Å². The number of nitriles is 2. The van der Waals surface area contributed by atoms with Gasteiger partial charge in [0.25, 0.3) is 0 Å². The molecule has 96 valence electrons. The van der Waals surface area contributed by atoms with Gasteiger partial charge in [-0.05, 0) is 24.3 Å². The van der Waals surface area contributed by atoms with Gasteiger partial charge in [-0.25, -0.2) is 9.80 Å². The third-order valence-electron chi connectivity index (χ3n) is 2.65. The molecular weight excluding hydrogens is 250 g/mol. The van der Waals surface area contributed by atoms with Crippen LogP contribution in [0.15, 0.2) is 60.7 Å². The van der Waals surface area contributed by atoms with Crippen LogP contribution < -0.4 is 9.80 Å². The van der Waals surface area contributed by atoms with Crippen molar-refractivity contribution in [2.75, 3.05) is 9.80 Å². The van der Waals surface area contributed by atoms with Gasteiger partial charge in [-0.1, -0.05) is 36.4 Å². The van der Waals surface area contributed by atoms with E-state index in [0.717, 1.165) is 9.80 Å². The minimum absolute atomic E-state index is 0.215. The third kappa shape index (κ3) is 2.58. The van der Waals surface area contributed by atoms with Gasteiger partial charge in [-0.15, -0.1) is 0 Å². The highest BCUT2D eigenvalue weighted by atomic mass is 15.4. The van der Waals surface area contributed by atoms with E-state index in [-0.39, 0.29) is 5.96 Å². The molecule has 0 aliphatic heterocycles. The maximum Gasteiger partial charge on any atom is 0.230 e. The predicted molar refractivity (Wildman–Crippen MR) is 76.8 cm³/mol. The quantitative estimate of drug-likeness (QED) is 0.390. The van der Waals surface area contributed by atoms with Crippen molar-refractivity contribution in [1.82, 2.24) is 0 Å². The Morgan fingerprint density at radius 1 is 0.750 bits per heavy atom. The van der Waals surface area contributed by atoms with E-state index in [0.29, 0.717) is 11.4 Å².